The van der Waals surface area contributed by atoms with E-state index in [0.717, 1.165) is 31.4 Å². The van der Waals surface area contributed by atoms with Gasteiger partial charge in [0, 0.05) is 17.7 Å². The molecule has 2 rings (SSSR count). The van der Waals surface area contributed by atoms with E-state index in [4.69, 9.17) is 0 Å². The van der Waals surface area contributed by atoms with Crippen LogP contribution in [0.25, 0.3) is 11.1 Å². The molecule has 0 aromatic heterocycles. The van der Waals surface area contributed by atoms with Crippen LogP contribution in [0.15, 0.2) is 42.5 Å². The summed E-state index contributed by atoms with van der Waals surface area (Å²) in [5.41, 5.74) is 0.240. The highest BCUT2D eigenvalue weighted by molar-refractivity contribution is 5.97. The number of halogens is 3. The molecule has 0 fully saturated rings. The van der Waals surface area contributed by atoms with E-state index < -0.39 is 23.0 Å². The Hall–Kier alpha value is -3.10. The summed E-state index contributed by atoms with van der Waals surface area (Å²) < 4.78 is 44.9. The van der Waals surface area contributed by atoms with E-state index in [9.17, 15) is 28.1 Å². The van der Waals surface area contributed by atoms with Crippen LogP contribution in [0.5, 0.6) is 5.75 Å². The Morgan fingerprint density at radius 1 is 1.12 bits per heavy atom. The van der Waals surface area contributed by atoms with Crippen molar-refractivity contribution in [2.75, 3.05) is 7.11 Å². The first-order chi connectivity index (χ1) is 11.2. The maximum Gasteiger partial charge on any atom is 0.573 e. The van der Waals surface area contributed by atoms with Crippen molar-refractivity contribution in [2.24, 2.45) is 0 Å². The van der Waals surface area contributed by atoms with E-state index >= 15 is 0 Å². The zero-order valence-corrected chi connectivity index (χ0v) is 12.2. The molecule has 24 heavy (non-hydrogen) atoms. The van der Waals surface area contributed by atoms with Crippen LogP contribution in [0.4, 0.5) is 18.9 Å². The normalized spacial score (nSPS) is 11.0. The third-order valence-electron chi connectivity index (χ3n) is 3.02. The third kappa shape index (κ3) is 4.00. The molecular weight excluding hydrogens is 331 g/mol. The van der Waals surface area contributed by atoms with Gasteiger partial charge in [0.1, 0.15) is 5.75 Å². The van der Waals surface area contributed by atoms with Crippen molar-refractivity contribution in [1.29, 1.82) is 0 Å². The number of ether oxygens (including phenoxy) is 2. The number of esters is 1. The smallest absolute Gasteiger partial charge is 0.465 e. The fourth-order valence-electron chi connectivity index (χ4n) is 2.01. The Morgan fingerprint density at radius 2 is 1.75 bits per heavy atom. The number of benzene rings is 2. The Bertz CT molecular complexity index is 772. The van der Waals surface area contributed by atoms with Crippen LogP contribution >= 0.6 is 0 Å². The molecule has 0 aliphatic carbocycles. The Labute approximate surface area is 133 Å². The molecule has 0 saturated carbocycles. The number of nitro benzene ring substituents is 1. The number of hydrogen-bond donors (Lipinski definition) is 0. The largest absolute Gasteiger partial charge is 0.573 e. The van der Waals surface area contributed by atoms with Gasteiger partial charge in [-0.3, -0.25) is 10.1 Å². The van der Waals surface area contributed by atoms with Crippen LogP contribution in [-0.2, 0) is 4.74 Å². The van der Waals surface area contributed by atoms with E-state index in [1.165, 1.54) is 18.2 Å². The van der Waals surface area contributed by atoms with Gasteiger partial charge in [0.15, 0.2) is 0 Å². The number of hydrogen-bond acceptors (Lipinski definition) is 5. The molecule has 0 bridgehead atoms. The van der Waals surface area contributed by atoms with Crippen LogP contribution in [-0.4, -0.2) is 24.4 Å². The molecule has 126 valence electrons. The van der Waals surface area contributed by atoms with Crippen LogP contribution in [0.3, 0.4) is 0 Å². The van der Waals surface area contributed by atoms with Gasteiger partial charge >= 0.3 is 12.3 Å². The number of carbonyl (C=O) groups excluding carboxylic acids is 1. The summed E-state index contributed by atoms with van der Waals surface area (Å²) in [4.78, 5) is 22.0. The Kier molecular flexibility index (Phi) is 4.72. The summed E-state index contributed by atoms with van der Waals surface area (Å²) >= 11 is 0. The minimum atomic E-state index is -4.83. The standard InChI is InChI=1S/C15H10F3NO5/c1-23-14(20)12-7-4-10(19(21)22)8-13(12)9-2-5-11(6-3-9)24-15(16,17)18/h2-8H,1H3. The number of non-ortho nitro benzene ring substituents is 1. The topological polar surface area (TPSA) is 78.7 Å². The number of nitrogens with zero attached hydrogens (tertiary/aromatic N) is 1. The van der Waals surface area contributed by atoms with Gasteiger partial charge in [-0.05, 0) is 23.8 Å². The molecule has 9 heteroatoms. The second-order valence-corrected chi connectivity index (χ2v) is 4.55. The van der Waals surface area contributed by atoms with Crippen molar-refractivity contribution in [3.63, 3.8) is 0 Å². The second kappa shape index (κ2) is 6.57. The van der Waals surface area contributed by atoms with Crippen molar-refractivity contribution in [3.8, 4) is 16.9 Å². The third-order valence-corrected chi connectivity index (χ3v) is 3.02. The lowest BCUT2D eigenvalue weighted by molar-refractivity contribution is -0.384. The maximum absolute atomic E-state index is 12.2. The zero-order chi connectivity index (χ0) is 17.9. The first-order valence-corrected chi connectivity index (χ1v) is 6.44. The minimum absolute atomic E-state index is 0.0487. The maximum atomic E-state index is 12.2. The van der Waals surface area contributed by atoms with Gasteiger partial charge < -0.3 is 9.47 Å². The van der Waals surface area contributed by atoms with Crippen LogP contribution in [0, 0.1) is 10.1 Å². The first-order valence-electron chi connectivity index (χ1n) is 6.44. The van der Waals surface area contributed by atoms with E-state index in [-0.39, 0.29) is 16.8 Å². The fourth-order valence-corrected chi connectivity index (χ4v) is 2.01. The van der Waals surface area contributed by atoms with Crippen molar-refractivity contribution < 1.29 is 32.4 Å². The van der Waals surface area contributed by atoms with Crippen molar-refractivity contribution in [2.45, 2.75) is 6.36 Å². The van der Waals surface area contributed by atoms with Gasteiger partial charge in [-0.15, -0.1) is 13.2 Å². The lowest BCUT2D eigenvalue weighted by Gasteiger charge is -2.11. The predicted octanol–water partition coefficient (Wildman–Crippen LogP) is 3.95. The summed E-state index contributed by atoms with van der Waals surface area (Å²) in [6, 6.07) is 8.10. The zero-order valence-electron chi connectivity index (χ0n) is 12.2. The van der Waals surface area contributed by atoms with E-state index in [1.807, 2.05) is 0 Å². The highest BCUT2D eigenvalue weighted by atomic mass is 19.4. The Morgan fingerprint density at radius 3 is 2.25 bits per heavy atom. The van der Waals surface area contributed by atoms with E-state index in [1.54, 1.807) is 0 Å². The van der Waals surface area contributed by atoms with Gasteiger partial charge in [0.25, 0.3) is 5.69 Å². The lowest BCUT2D eigenvalue weighted by Crippen LogP contribution is -2.16. The molecule has 0 saturated heterocycles. The second-order valence-electron chi connectivity index (χ2n) is 4.55. The van der Waals surface area contributed by atoms with Crippen LogP contribution in [0.2, 0.25) is 0 Å². The van der Waals surface area contributed by atoms with E-state index in [2.05, 4.69) is 9.47 Å². The molecule has 0 atom stereocenters. The van der Waals surface area contributed by atoms with Crippen molar-refractivity contribution >= 4 is 11.7 Å². The highest BCUT2D eigenvalue weighted by Crippen LogP contribution is 2.31. The number of carbonyl (C=O) groups is 1. The number of alkyl halides is 3. The fraction of sp³-hybridized carbons (Fsp3) is 0.133. The molecule has 0 aliphatic heterocycles. The first kappa shape index (κ1) is 17.3. The van der Waals surface area contributed by atoms with Crippen LogP contribution in [0.1, 0.15) is 10.4 Å². The number of rotatable bonds is 4. The Balaban J connectivity index is 2.47. The van der Waals surface area contributed by atoms with Gasteiger partial charge in [-0.25, -0.2) is 4.79 Å². The van der Waals surface area contributed by atoms with Crippen LogP contribution < -0.4 is 4.74 Å². The molecule has 6 nitrogen and oxygen atoms in total. The predicted molar refractivity (Wildman–Crippen MR) is 76.6 cm³/mol. The summed E-state index contributed by atoms with van der Waals surface area (Å²) in [5.74, 6) is -1.17. The van der Waals surface area contributed by atoms with Gasteiger partial charge in [-0.2, -0.15) is 0 Å². The number of methoxy groups -OCH3 is 1. The van der Waals surface area contributed by atoms with Crippen molar-refractivity contribution in [1.82, 2.24) is 0 Å². The number of nitro groups is 1. The minimum Gasteiger partial charge on any atom is -0.465 e. The molecule has 0 N–H and O–H groups in total. The van der Waals surface area contributed by atoms with Gasteiger partial charge in [0.2, 0.25) is 0 Å². The molecule has 0 aliphatic rings. The van der Waals surface area contributed by atoms with Gasteiger partial charge in [-0.1, -0.05) is 12.1 Å². The average molecular weight is 341 g/mol. The molecule has 2 aromatic rings. The highest BCUT2D eigenvalue weighted by Gasteiger charge is 2.31. The SMILES string of the molecule is COC(=O)c1ccc([N+](=O)[O-])cc1-c1ccc(OC(F)(F)F)cc1. The summed E-state index contributed by atoms with van der Waals surface area (Å²) in [6.45, 7) is 0. The summed E-state index contributed by atoms with van der Waals surface area (Å²) in [6.07, 6.45) is -4.83. The molecular formula is C15H10F3NO5. The molecule has 0 heterocycles. The summed E-state index contributed by atoms with van der Waals surface area (Å²) in [5, 5.41) is 10.9. The molecule has 2 aromatic carbocycles. The quantitative estimate of drug-likeness (QED) is 0.478. The van der Waals surface area contributed by atoms with Crippen molar-refractivity contribution in [3.05, 3.63) is 58.1 Å². The molecule has 0 unspecified atom stereocenters. The molecule has 0 spiro atoms. The monoisotopic (exact) mass is 341 g/mol. The lowest BCUT2D eigenvalue weighted by atomic mass is 9.99. The average Bonchev–Trinajstić information content (AvgIpc) is 2.52. The molecule has 0 radical (unpaired) electrons. The molecule has 0 amide bonds. The van der Waals surface area contributed by atoms with E-state index in [0.29, 0.717) is 5.56 Å². The summed E-state index contributed by atoms with van der Waals surface area (Å²) in [7, 11) is 1.15. The van der Waals surface area contributed by atoms with Gasteiger partial charge in [0.05, 0.1) is 17.6 Å².